The number of benzene rings is 1. The molecule has 2 N–H and O–H groups in total. The Kier molecular flexibility index (Phi) is 3.78. The van der Waals surface area contributed by atoms with Gasteiger partial charge in [0.2, 0.25) is 0 Å². The lowest BCUT2D eigenvalue weighted by molar-refractivity contribution is -0.144. The third-order valence-electron chi connectivity index (χ3n) is 2.66. The van der Waals surface area contributed by atoms with Crippen molar-refractivity contribution in [3.05, 3.63) is 28.8 Å². The predicted octanol–water partition coefficient (Wildman–Crippen LogP) is 1.87. The quantitative estimate of drug-likeness (QED) is 0.848. The van der Waals surface area contributed by atoms with Gasteiger partial charge < -0.3 is 15.2 Å². The lowest BCUT2D eigenvalue weighted by atomic mass is 9.92. The number of nitrogens with one attached hydrogen (secondary N) is 1. The summed E-state index contributed by atoms with van der Waals surface area (Å²) in [5, 5.41) is 12.3. The molecule has 1 rings (SSSR count). The second kappa shape index (κ2) is 4.72. The van der Waals surface area contributed by atoms with Crippen molar-refractivity contribution in [2.24, 2.45) is 0 Å². The average Bonchev–Trinajstić information content (AvgIpc) is 2.27. The topological polar surface area (TPSA) is 58.6 Å². The van der Waals surface area contributed by atoms with E-state index in [1.807, 2.05) is 0 Å². The zero-order valence-corrected chi connectivity index (χ0v) is 10.1. The van der Waals surface area contributed by atoms with Crippen LogP contribution in [0.25, 0.3) is 0 Å². The van der Waals surface area contributed by atoms with Crippen molar-refractivity contribution in [2.45, 2.75) is 12.5 Å². The third kappa shape index (κ3) is 2.13. The van der Waals surface area contributed by atoms with E-state index in [0.29, 0.717) is 16.3 Å². The number of rotatable bonds is 4. The molecule has 0 amide bonds. The second-order valence-electron chi connectivity index (χ2n) is 3.53. The van der Waals surface area contributed by atoms with Crippen molar-refractivity contribution in [2.75, 3.05) is 14.2 Å². The molecule has 0 aliphatic heterocycles. The van der Waals surface area contributed by atoms with Crippen molar-refractivity contribution < 1.29 is 14.6 Å². The van der Waals surface area contributed by atoms with Gasteiger partial charge in [-0.05, 0) is 31.7 Å². The number of halogens is 1. The van der Waals surface area contributed by atoms with E-state index in [9.17, 15) is 4.79 Å². The fourth-order valence-corrected chi connectivity index (χ4v) is 1.61. The van der Waals surface area contributed by atoms with Gasteiger partial charge in [-0.3, -0.25) is 0 Å². The van der Waals surface area contributed by atoms with E-state index in [0.717, 1.165) is 0 Å². The largest absolute Gasteiger partial charge is 0.495 e. The summed E-state index contributed by atoms with van der Waals surface area (Å²) < 4.78 is 5.01. The van der Waals surface area contributed by atoms with Crippen LogP contribution in [0.3, 0.4) is 0 Å². The number of carboxylic acid groups (broad SMARTS) is 1. The molecule has 1 atom stereocenters. The Hall–Kier alpha value is -1.26. The SMILES string of the molecule is CN[C@@](C)(C(=O)O)c1ccc(OC)c(Cl)c1. The number of hydrogen-bond acceptors (Lipinski definition) is 3. The minimum atomic E-state index is -1.16. The first-order chi connectivity index (χ1) is 7.45. The van der Waals surface area contributed by atoms with Gasteiger partial charge in [-0.15, -0.1) is 0 Å². The first kappa shape index (κ1) is 12.8. The van der Waals surface area contributed by atoms with Gasteiger partial charge in [0.15, 0.2) is 0 Å². The molecular weight excluding hydrogens is 230 g/mol. The zero-order chi connectivity index (χ0) is 12.3. The summed E-state index contributed by atoms with van der Waals surface area (Å²) in [7, 11) is 3.10. The lowest BCUT2D eigenvalue weighted by Crippen LogP contribution is -2.44. The van der Waals surface area contributed by atoms with E-state index < -0.39 is 11.5 Å². The van der Waals surface area contributed by atoms with E-state index in [2.05, 4.69) is 5.32 Å². The van der Waals surface area contributed by atoms with Gasteiger partial charge in [-0.2, -0.15) is 0 Å². The number of likely N-dealkylation sites (N-methyl/N-ethyl adjacent to an activating group) is 1. The molecule has 16 heavy (non-hydrogen) atoms. The lowest BCUT2D eigenvalue weighted by Gasteiger charge is -2.25. The monoisotopic (exact) mass is 243 g/mol. The molecular formula is C11H14ClNO3. The van der Waals surface area contributed by atoms with Gasteiger partial charge in [0.05, 0.1) is 12.1 Å². The highest BCUT2D eigenvalue weighted by Crippen LogP contribution is 2.30. The standard InChI is InChI=1S/C11H14ClNO3/c1-11(13-2,10(14)15)7-4-5-9(16-3)8(12)6-7/h4-6,13H,1-3H3,(H,14,15)/t11-/m1/s1. The summed E-state index contributed by atoms with van der Waals surface area (Å²) in [6, 6.07) is 4.91. The van der Waals surface area contributed by atoms with E-state index in [4.69, 9.17) is 21.4 Å². The Bertz CT molecular complexity index is 408. The minimum absolute atomic E-state index is 0.391. The molecule has 5 heteroatoms. The normalized spacial score (nSPS) is 14.2. The summed E-state index contributed by atoms with van der Waals surface area (Å²) in [5.74, 6) is -0.439. The molecule has 1 aromatic carbocycles. The summed E-state index contributed by atoms with van der Waals surface area (Å²) in [5.41, 5.74) is -0.580. The van der Waals surface area contributed by atoms with E-state index in [1.165, 1.54) is 7.11 Å². The molecule has 4 nitrogen and oxygen atoms in total. The second-order valence-corrected chi connectivity index (χ2v) is 3.94. The maximum Gasteiger partial charge on any atom is 0.328 e. The van der Waals surface area contributed by atoms with E-state index in [1.54, 1.807) is 32.2 Å². The van der Waals surface area contributed by atoms with Crippen molar-refractivity contribution in [3.63, 3.8) is 0 Å². The molecule has 0 saturated heterocycles. The molecule has 88 valence electrons. The highest BCUT2D eigenvalue weighted by Gasteiger charge is 2.33. The van der Waals surface area contributed by atoms with Crippen molar-refractivity contribution in [1.82, 2.24) is 5.32 Å². The predicted molar refractivity (Wildman–Crippen MR) is 62.1 cm³/mol. The summed E-state index contributed by atoms with van der Waals surface area (Å²) in [6.07, 6.45) is 0. The maximum atomic E-state index is 11.2. The number of aliphatic carboxylic acids is 1. The summed E-state index contributed by atoms with van der Waals surface area (Å²) in [4.78, 5) is 11.2. The molecule has 0 heterocycles. The molecule has 0 bridgehead atoms. The van der Waals surface area contributed by atoms with Crippen molar-refractivity contribution in [1.29, 1.82) is 0 Å². The Balaban J connectivity index is 3.23. The number of hydrogen-bond donors (Lipinski definition) is 2. The van der Waals surface area contributed by atoms with Crippen LogP contribution in [0.15, 0.2) is 18.2 Å². The highest BCUT2D eigenvalue weighted by atomic mass is 35.5. The highest BCUT2D eigenvalue weighted by molar-refractivity contribution is 6.32. The van der Waals surface area contributed by atoms with Crippen LogP contribution in [0, 0.1) is 0 Å². The zero-order valence-electron chi connectivity index (χ0n) is 9.37. The van der Waals surface area contributed by atoms with Gasteiger partial charge in [0.25, 0.3) is 0 Å². The van der Waals surface area contributed by atoms with Gasteiger partial charge in [-0.25, -0.2) is 4.79 Å². The van der Waals surface area contributed by atoms with E-state index in [-0.39, 0.29) is 0 Å². The van der Waals surface area contributed by atoms with Crippen LogP contribution in [0.1, 0.15) is 12.5 Å². The minimum Gasteiger partial charge on any atom is -0.495 e. The molecule has 0 unspecified atom stereocenters. The van der Waals surface area contributed by atoms with Crippen LogP contribution in [0.5, 0.6) is 5.75 Å². The Morgan fingerprint density at radius 2 is 2.19 bits per heavy atom. The van der Waals surface area contributed by atoms with Crippen molar-refractivity contribution in [3.8, 4) is 5.75 Å². The van der Waals surface area contributed by atoms with Crippen molar-refractivity contribution >= 4 is 17.6 Å². The van der Waals surface area contributed by atoms with Gasteiger partial charge in [-0.1, -0.05) is 17.7 Å². The number of methoxy groups -OCH3 is 1. The smallest absolute Gasteiger partial charge is 0.328 e. The maximum absolute atomic E-state index is 11.2. The molecule has 0 aliphatic rings. The fraction of sp³-hybridized carbons (Fsp3) is 0.364. The fourth-order valence-electron chi connectivity index (χ4n) is 1.35. The van der Waals surface area contributed by atoms with Crippen LogP contribution < -0.4 is 10.1 Å². The van der Waals surface area contributed by atoms with E-state index >= 15 is 0 Å². The molecule has 0 radical (unpaired) electrons. The summed E-state index contributed by atoms with van der Waals surface area (Å²) in [6.45, 7) is 1.58. The number of carboxylic acids is 1. The Morgan fingerprint density at radius 1 is 1.56 bits per heavy atom. The molecule has 0 aliphatic carbocycles. The van der Waals surface area contributed by atoms with Crippen LogP contribution in [-0.4, -0.2) is 25.2 Å². The van der Waals surface area contributed by atoms with Crippen LogP contribution in [0.4, 0.5) is 0 Å². The molecule has 0 saturated carbocycles. The molecule has 1 aromatic rings. The third-order valence-corrected chi connectivity index (χ3v) is 2.95. The molecule has 0 spiro atoms. The Labute approximate surface area is 99.2 Å². The molecule has 0 aromatic heterocycles. The van der Waals surface area contributed by atoms with Gasteiger partial charge in [0, 0.05) is 0 Å². The first-order valence-corrected chi connectivity index (χ1v) is 5.10. The van der Waals surface area contributed by atoms with Gasteiger partial charge >= 0.3 is 5.97 Å². The van der Waals surface area contributed by atoms with Crippen LogP contribution in [-0.2, 0) is 10.3 Å². The molecule has 0 fully saturated rings. The number of carbonyl (C=O) groups is 1. The van der Waals surface area contributed by atoms with Gasteiger partial charge in [0.1, 0.15) is 11.3 Å². The van der Waals surface area contributed by atoms with Crippen LogP contribution >= 0.6 is 11.6 Å². The summed E-state index contributed by atoms with van der Waals surface area (Å²) >= 11 is 5.95. The van der Waals surface area contributed by atoms with Crippen LogP contribution in [0.2, 0.25) is 5.02 Å². The first-order valence-electron chi connectivity index (χ1n) is 4.72. The Morgan fingerprint density at radius 3 is 2.56 bits per heavy atom. The average molecular weight is 244 g/mol. The number of ether oxygens (including phenoxy) is 1.